The number of benzene rings is 1. The van der Waals surface area contributed by atoms with Crippen LogP contribution in [-0.2, 0) is 9.53 Å². The molecule has 1 aromatic heterocycles. The average Bonchev–Trinajstić information content (AvgIpc) is 3.41. The second-order valence-corrected chi connectivity index (χ2v) is 9.93. The summed E-state index contributed by atoms with van der Waals surface area (Å²) in [7, 11) is 1.49. The van der Waals surface area contributed by atoms with Gasteiger partial charge in [0.1, 0.15) is 17.2 Å². The highest BCUT2D eigenvalue weighted by atomic mass is 16.5. The Kier molecular flexibility index (Phi) is 6.47. The maximum atomic E-state index is 12.2. The Morgan fingerprint density at radius 1 is 1.21 bits per heavy atom. The lowest BCUT2D eigenvalue weighted by Crippen LogP contribution is -2.50. The maximum Gasteiger partial charge on any atom is 0.313 e. The fourth-order valence-corrected chi connectivity index (χ4v) is 5.52. The minimum absolute atomic E-state index is 0.0553. The van der Waals surface area contributed by atoms with Crippen LogP contribution >= 0.6 is 0 Å². The van der Waals surface area contributed by atoms with Gasteiger partial charge in [-0.3, -0.25) is 4.79 Å². The van der Waals surface area contributed by atoms with Crippen molar-refractivity contribution in [1.82, 2.24) is 10.1 Å². The highest BCUT2D eigenvalue weighted by molar-refractivity contribution is 5.88. The third kappa shape index (κ3) is 4.55. The van der Waals surface area contributed by atoms with Gasteiger partial charge in [-0.2, -0.15) is 0 Å². The maximum absolute atomic E-state index is 12.2. The highest BCUT2D eigenvalue weighted by Crippen LogP contribution is 2.43. The molecule has 2 atom stereocenters. The topological polar surface area (TPSA) is 94.3 Å². The molecule has 1 aromatic carbocycles. The Morgan fingerprint density at radius 3 is 2.70 bits per heavy atom. The Morgan fingerprint density at radius 2 is 2.03 bits per heavy atom. The Bertz CT molecular complexity index is 963. The summed E-state index contributed by atoms with van der Waals surface area (Å²) in [5.41, 5.74) is 0.333. The fraction of sp³-hybridized carbons (Fsp3) is 0.680. The molecule has 0 amide bonds. The van der Waals surface area contributed by atoms with E-state index in [4.69, 9.17) is 18.7 Å². The second kappa shape index (κ2) is 9.50. The molecule has 8 heteroatoms. The summed E-state index contributed by atoms with van der Waals surface area (Å²) < 4.78 is 22.8. The number of piperidine rings is 1. The van der Waals surface area contributed by atoms with Gasteiger partial charge in [-0.05, 0) is 81.2 Å². The molecule has 0 spiro atoms. The average molecular weight is 459 g/mol. The van der Waals surface area contributed by atoms with E-state index in [2.05, 4.69) is 10.1 Å². The summed E-state index contributed by atoms with van der Waals surface area (Å²) in [5, 5.41) is 15.0. The van der Waals surface area contributed by atoms with Crippen molar-refractivity contribution in [1.29, 1.82) is 0 Å². The van der Waals surface area contributed by atoms with Crippen LogP contribution in [0.1, 0.15) is 51.4 Å². The zero-order chi connectivity index (χ0) is 22.8. The van der Waals surface area contributed by atoms with Crippen molar-refractivity contribution in [3.63, 3.8) is 0 Å². The van der Waals surface area contributed by atoms with Gasteiger partial charge in [0, 0.05) is 6.54 Å². The van der Waals surface area contributed by atoms with E-state index in [0.717, 1.165) is 76.4 Å². The van der Waals surface area contributed by atoms with E-state index < -0.39 is 6.10 Å². The first-order chi connectivity index (χ1) is 16.1. The first kappa shape index (κ1) is 22.5. The van der Waals surface area contributed by atoms with Crippen LogP contribution in [0.5, 0.6) is 11.6 Å². The number of esters is 1. The number of fused-ring (bicyclic) bond motifs is 1. The number of methoxy groups -OCH3 is 1. The van der Waals surface area contributed by atoms with Gasteiger partial charge in [0.25, 0.3) is 5.88 Å². The lowest BCUT2D eigenvalue weighted by atomic mass is 9.68. The molecular weight excluding hydrogens is 424 g/mol. The zero-order valence-electron chi connectivity index (χ0n) is 19.3. The molecule has 2 aliphatic carbocycles. The van der Waals surface area contributed by atoms with Gasteiger partial charge < -0.3 is 28.7 Å². The first-order valence-corrected chi connectivity index (χ1v) is 12.2. The molecule has 180 valence electrons. The van der Waals surface area contributed by atoms with Crippen molar-refractivity contribution in [3.05, 3.63) is 18.2 Å². The molecule has 0 bridgehead atoms. The molecule has 2 aromatic rings. The van der Waals surface area contributed by atoms with E-state index in [-0.39, 0.29) is 17.5 Å². The molecule has 2 heterocycles. The summed E-state index contributed by atoms with van der Waals surface area (Å²) in [6.07, 6.45) is 6.95. The number of aliphatic hydroxyl groups excluding tert-OH is 1. The van der Waals surface area contributed by atoms with E-state index in [1.165, 1.54) is 7.11 Å². The van der Waals surface area contributed by atoms with Gasteiger partial charge in [0.2, 0.25) is 0 Å². The molecule has 1 N–H and O–H groups in total. The number of carbonyl (C=O) groups is 1. The Hall–Kier alpha value is -2.32. The van der Waals surface area contributed by atoms with Crippen molar-refractivity contribution < 1.29 is 28.6 Å². The van der Waals surface area contributed by atoms with Crippen LogP contribution in [0.3, 0.4) is 0 Å². The number of carbonyl (C=O) groups excluding carboxylic acids is 1. The number of aromatic nitrogens is 1. The van der Waals surface area contributed by atoms with E-state index in [1.54, 1.807) is 0 Å². The lowest BCUT2D eigenvalue weighted by molar-refractivity contribution is -0.160. The Labute approximate surface area is 194 Å². The molecule has 1 aliphatic heterocycles. The van der Waals surface area contributed by atoms with Crippen molar-refractivity contribution in [2.24, 2.45) is 11.3 Å². The molecule has 0 unspecified atom stereocenters. The summed E-state index contributed by atoms with van der Waals surface area (Å²) in [4.78, 5) is 14.6. The lowest BCUT2D eigenvalue weighted by Gasteiger charge is -2.44. The van der Waals surface area contributed by atoms with Crippen LogP contribution in [0.2, 0.25) is 0 Å². The van der Waals surface area contributed by atoms with Crippen molar-refractivity contribution in [3.8, 4) is 11.6 Å². The number of likely N-dealkylation sites (tertiary alicyclic amines) is 1. The molecule has 5 rings (SSSR count). The standard InChI is InChI=1S/C25H34N2O6/c1-30-24(29)25(11-4-12-25)16-27-13-9-17(10-14-27)15-31-23-22-20(7-3-8-21(22)33-26-23)32-19-6-2-5-18(19)28/h3,7-8,17-19,28H,2,4-6,9-16H2,1H3/t18-,19-/m0/s1. The first-order valence-electron chi connectivity index (χ1n) is 12.2. The summed E-state index contributed by atoms with van der Waals surface area (Å²) >= 11 is 0. The molecule has 3 aliphatic rings. The normalized spacial score (nSPS) is 25.6. The summed E-state index contributed by atoms with van der Waals surface area (Å²) in [5.74, 6) is 1.47. The second-order valence-electron chi connectivity index (χ2n) is 9.93. The van der Waals surface area contributed by atoms with Gasteiger partial charge in [0.05, 0.1) is 25.2 Å². The molecule has 1 saturated heterocycles. The Balaban J connectivity index is 1.17. The third-order valence-corrected chi connectivity index (χ3v) is 7.74. The smallest absolute Gasteiger partial charge is 0.313 e. The predicted molar refractivity (Wildman–Crippen MR) is 121 cm³/mol. The van der Waals surface area contributed by atoms with E-state index in [9.17, 15) is 9.90 Å². The molecular formula is C25H34N2O6. The molecule has 33 heavy (non-hydrogen) atoms. The number of hydrogen-bond donors (Lipinski definition) is 1. The summed E-state index contributed by atoms with van der Waals surface area (Å²) in [6, 6.07) is 5.60. The minimum Gasteiger partial charge on any atom is -0.487 e. The van der Waals surface area contributed by atoms with Crippen molar-refractivity contribution in [2.75, 3.05) is 33.4 Å². The number of nitrogens with zero attached hydrogens (tertiary/aromatic N) is 2. The van der Waals surface area contributed by atoms with E-state index in [1.807, 2.05) is 18.2 Å². The van der Waals surface area contributed by atoms with Crippen molar-refractivity contribution in [2.45, 2.75) is 63.6 Å². The summed E-state index contributed by atoms with van der Waals surface area (Å²) in [6.45, 7) is 3.29. The van der Waals surface area contributed by atoms with Crippen LogP contribution in [0.25, 0.3) is 11.0 Å². The molecule has 2 saturated carbocycles. The van der Waals surface area contributed by atoms with Gasteiger partial charge in [-0.25, -0.2) is 0 Å². The van der Waals surface area contributed by atoms with Crippen molar-refractivity contribution >= 4 is 16.9 Å². The predicted octanol–water partition coefficient (Wildman–Crippen LogP) is 3.55. The van der Waals surface area contributed by atoms with E-state index >= 15 is 0 Å². The minimum atomic E-state index is -0.437. The van der Waals surface area contributed by atoms with E-state index in [0.29, 0.717) is 29.7 Å². The van der Waals surface area contributed by atoms with Crippen LogP contribution in [-0.4, -0.2) is 66.7 Å². The fourth-order valence-electron chi connectivity index (χ4n) is 5.52. The number of aliphatic hydroxyl groups is 1. The molecule has 0 radical (unpaired) electrons. The zero-order valence-corrected chi connectivity index (χ0v) is 19.3. The largest absolute Gasteiger partial charge is 0.487 e. The van der Waals surface area contributed by atoms with Gasteiger partial charge in [0.15, 0.2) is 5.58 Å². The number of rotatable bonds is 8. The third-order valence-electron chi connectivity index (χ3n) is 7.74. The van der Waals surface area contributed by atoms with Crippen LogP contribution in [0, 0.1) is 11.3 Å². The molecule has 8 nitrogen and oxygen atoms in total. The van der Waals surface area contributed by atoms with Crippen LogP contribution in [0.15, 0.2) is 22.7 Å². The SMILES string of the molecule is COC(=O)C1(CN2CCC(COc3noc4cccc(O[C@H]5CCC[C@@H]5O)c34)CC2)CCC1. The van der Waals surface area contributed by atoms with Gasteiger partial charge in [-0.1, -0.05) is 12.5 Å². The van der Waals surface area contributed by atoms with Gasteiger partial charge in [-0.15, -0.1) is 0 Å². The quantitative estimate of drug-likeness (QED) is 0.600. The number of hydrogen-bond acceptors (Lipinski definition) is 8. The molecule has 3 fully saturated rings. The van der Waals surface area contributed by atoms with Gasteiger partial charge >= 0.3 is 5.97 Å². The highest BCUT2D eigenvalue weighted by Gasteiger charge is 2.46. The van der Waals surface area contributed by atoms with Crippen LogP contribution < -0.4 is 9.47 Å². The monoisotopic (exact) mass is 458 g/mol. The van der Waals surface area contributed by atoms with Crippen LogP contribution in [0.4, 0.5) is 0 Å². The number of ether oxygens (including phenoxy) is 3.